The van der Waals surface area contributed by atoms with Crippen LogP contribution in [0.1, 0.15) is 30.5 Å². The third-order valence-corrected chi connectivity index (χ3v) is 4.16. The minimum Gasteiger partial charge on any atom is -0.389 e. The maximum absolute atomic E-state index is 11.9. The first-order valence-corrected chi connectivity index (χ1v) is 7.39. The van der Waals surface area contributed by atoms with Crippen LogP contribution in [-0.4, -0.2) is 24.9 Å². The second-order valence-electron chi connectivity index (χ2n) is 5.34. The summed E-state index contributed by atoms with van der Waals surface area (Å²) in [4.78, 5) is 0. The Morgan fingerprint density at radius 1 is 1.12 bits per heavy atom. The fourth-order valence-corrected chi connectivity index (χ4v) is 3.85. The minimum absolute atomic E-state index is 0.0144. The second kappa shape index (κ2) is 4.78. The molecule has 0 saturated carbocycles. The van der Waals surface area contributed by atoms with Crippen molar-refractivity contribution in [2.45, 2.75) is 39.0 Å². The van der Waals surface area contributed by atoms with E-state index in [-0.39, 0.29) is 11.5 Å². The van der Waals surface area contributed by atoms with E-state index >= 15 is 0 Å². The number of aliphatic hydroxyl groups is 1. The van der Waals surface area contributed by atoms with Gasteiger partial charge in [0.05, 0.1) is 17.1 Å². The molecule has 96 valence electrons. The molecule has 1 N–H and O–H groups in total. The van der Waals surface area contributed by atoms with Crippen LogP contribution < -0.4 is 0 Å². The Balaban J connectivity index is 2.91. The minimum atomic E-state index is -3.28. The molecule has 0 amide bonds. The first kappa shape index (κ1) is 14.2. The van der Waals surface area contributed by atoms with E-state index in [0.29, 0.717) is 0 Å². The van der Waals surface area contributed by atoms with Crippen molar-refractivity contribution in [1.82, 2.24) is 0 Å². The molecule has 0 fully saturated rings. The third kappa shape index (κ3) is 5.33. The van der Waals surface area contributed by atoms with Gasteiger partial charge in [-0.05, 0) is 33.3 Å². The fourth-order valence-electron chi connectivity index (χ4n) is 2.00. The van der Waals surface area contributed by atoms with Crippen LogP contribution in [0, 0.1) is 13.8 Å². The van der Waals surface area contributed by atoms with Crippen molar-refractivity contribution in [1.29, 1.82) is 0 Å². The van der Waals surface area contributed by atoms with E-state index in [2.05, 4.69) is 0 Å². The topological polar surface area (TPSA) is 54.4 Å². The highest BCUT2D eigenvalue weighted by atomic mass is 32.2. The standard InChI is InChI=1S/C13H20O3S/c1-10-5-11(2)7-12(6-10)8-17(15,16)9-13(3,4)14/h5-7,14H,8-9H2,1-4H3. The number of hydrogen-bond acceptors (Lipinski definition) is 3. The fraction of sp³-hybridized carbons (Fsp3) is 0.538. The normalized spacial score (nSPS) is 12.8. The lowest BCUT2D eigenvalue weighted by molar-refractivity contribution is 0.105. The Morgan fingerprint density at radius 3 is 2.00 bits per heavy atom. The average Bonchev–Trinajstić information content (AvgIpc) is 1.93. The molecule has 0 spiro atoms. The lowest BCUT2D eigenvalue weighted by atomic mass is 10.1. The molecular weight excluding hydrogens is 236 g/mol. The van der Waals surface area contributed by atoms with Crippen LogP contribution in [0.3, 0.4) is 0 Å². The van der Waals surface area contributed by atoms with Crippen molar-refractivity contribution in [2.24, 2.45) is 0 Å². The monoisotopic (exact) mass is 256 g/mol. The van der Waals surface area contributed by atoms with Gasteiger partial charge in [-0.2, -0.15) is 0 Å². The Bertz CT molecular complexity index is 476. The van der Waals surface area contributed by atoms with Crippen molar-refractivity contribution in [3.8, 4) is 0 Å². The molecule has 0 aliphatic heterocycles. The number of rotatable bonds is 4. The molecule has 1 rings (SSSR count). The molecule has 0 heterocycles. The number of aryl methyl sites for hydroxylation is 2. The highest BCUT2D eigenvalue weighted by molar-refractivity contribution is 7.90. The van der Waals surface area contributed by atoms with E-state index in [4.69, 9.17) is 0 Å². The predicted molar refractivity (Wildman–Crippen MR) is 69.7 cm³/mol. The van der Waals surface area contributed by atoms with Gasteiger partial charge in [-0.15, -0.1) is 0 Å². The van der Waals surface area contributed by atoms with Gasteiger partial charge in [-0.1, -0.05) is 29.3 Å². The summed E-state index contributed by atoms with van der Waals surface area (Å²) < 4.78 is 23.8. The highest BCUT2D eigenvalue weighted by Gasteiger charge is 2.23. The van der Waals surface area contributed by atoms with E-state index in [1.54, 1.807) is 0 Å². The number of sulfone groups is 1. The van der Waals surface area contributed by atoms with Crippen LogP contribution in [0.25, 0.3) is 0 Å². The van der Waals surface area contributed by atoms with Crippen LogP contribution in [0.4, 0.5) is 0 Å². The molecule has 0 aliphatic rings. The van der Waals surface area contributed by atoms with E-state index in [1.807, 2.05) is 32.0 Å². The van der Waals surface area contributed by atoms with E-state index in [0.717, 1.165) is 16.7 Å². The molecule has 0 unspecified atom stereocenters. The first-order valence-electron chi connectivity index (χ1n) is 5.57. The lowest BCUT2D eigenvalue weighted by Gasteiger charge is -2.17. The zero-order valence-electron chi connectivity index (χ0n) is 10.8. The summed E-state index contributed by atoms with van der Waals surface area (Å²) in [6.07, 6.45) is 0. The van der Waals surface area contributed by atoms with Crippen LogP contribution in [0.2, 0.25) is 0 Å². The zero-order chi connectivity index (χ0) is 13.3. The zero-order valence-corrected chi connectivity index (χ0v) is 11.6. The molecule has 0 bridgehead atoms. The molecule has 0 radical (unpaired) electrons. The van der Waals surface area contributed by atoms with Crippen LogP contribution in [0.5, 0.6) is 0 Å². The largest absolute Gasteiger partial charge is 0.389 e. The predicted octanol–water partition coefficient (Wildman–Crippen LogP) is 1.99. The lowest BCUT2D eigenvalue weighted by Crippen LogP contribution is -2.30. The van der Waals surface area contributed by atoms with Crippen molar-refractivity contribution >= 4 is 9.84 Å². The molecule has 3 nitrogen and oxygen atoms in total. The van der Waals surface area contributed by atoms with Crippen molar-refractivity contribution in [3.63, 3.8) is 0 Å². The van der Waals surface area contributed by atoms with Gasteiger partial charge < -0.3 is 5.11 Å². The van der Waals surface area contributed by atoms with Gasteiger partial charge in [0, 0.05) is 0 Å². The van der Waals surface area contributed by atoms with Crippen LogP contribution in [0.15, 0.2) is 18.2 Å². The summed E-state index contributed by atoms with van der Waals surface area (Å²) in [5, 5.41) is 9.56. The molecule has 4 heteroatoms. The van der Waals surface area contributed by atoms with Crippen molar-refractivity contribution in [3.05, 3.63) is 34.9 Å². The second-order valence-corrected chi connectivity index (χ2v) is 7.41. The molecule has 0 atom stereocenters. The summed E-state index contributed by atoms with van der Waals surface area (Å²) >= 11 is 0. The first-order chi connectivity index (χ1) is 7.57. The van der Waals surface area contributed by atoms with Gasteiger partial charge in [-0.3, -0.25) is 0 Å². The number of hydrogen-bond donors (Lipinski definition) is 1. The van der Waals surface area contributed by atoms with Gasteiger partial charge >= 0.3 is 0 Å². The third-order valence-electron chi connectivity index (χ3n) is 2.24. The molecule has 17 heavy (non-hydrogen) atoms. The summed E-state index contributed by atoms with van der Waals surface area (Å²) in [6, 6.07) is 5.75. The Hall–Kier alpha value is -0.870. The van der Waals surface area contributed by atoms with Crippen molar-refractivity contribution < 1.29 is 13.5 Å². The highest BCUT2D eigenvalue weighted by Crippen LogP contribution is 2.15. The van der Waals surface area contributed by atoms with Gasteiger partial charge in [-0.25, -0.2) is 8.42 Å². The smallest absolute Gasteiger partial charge is 0.157 e. The molecule has 0 aliphatic carbocycles. The maximum atomic E-state index is 11.9. The Labute approximate surface area is 103 Å². The number of benzene rings is 1. The van der Waals surface area contributed by atoms with Gasteiger partial charge in [0.1, 0.15) is 0 Å². The van der Waals surface area contributed by atoms with Gasteiger partial charge in [0.2, 0.25) is 0 Å². The van der Waals surface area contributed by atoms with Gasteiger partial charge in [0.15, 0.2) is 9.84 Å². The summed E-state index contributed by atoms with van der Waals surface area (Å²) in [5.74, 6) is -0.230. The van der Waals surface area contributed by atoms with E-state index in [1.165, 1.54) is 13.8 Å². The maximum Gasteiger partial charge on any atom is 0.157 e. The molecule has 1 aromatic carbocycles. The van der Waals surface area contributed by atoms with Crippen LogP contribution in [-0.2, 0) is 15.6 Å². The van der Waals surface area contributed by atoms with Crippen LogP contribution >= 0.6 is 0 Å². The summed E-state index contributed by atoms with van der Waals surface area (Å²) in [5.41, 5.74) is 1.71. The summed E-state index contributed by atoms with van der Waals surface area (Å²) in [7, 11) is -3.28. The van der Waals surface area contributed by atoms with Gasteiger partial charge in [0.25, 0.3) is 0 Å². The summed E-state index contributed by atoms with van der Waals surface area (Å²) in [6.45, 7) is 6.90. The average molecular weight is 256 g/mol. The molecule has 0 saturated heterocycles. The molecule has 1 aromatic rings. The molecule has 0 aromatic heterocycles. The van der Waals surface area contributed by atoms with E-state index in [9.17, 15) is 13.5 Å². The Morgan fingerprint density at radius 2 is 1.59 bits per heavy atom. The molecular formula is C13H20O3S. The SMILES string of the molecule is Cc1cc(C)cc(CS(=O)(=O)CC(C)(C)O)c1. The van der Waals surface area contributed by atoms with E-state index < -0.39 is 15.4 Å². The Kier molecular flexibility index (Phi) is 3.99. The van der Waals surface area contributed by atoms with Crippen molar-refractivity contribution in [2.75, 3.05) is 5.75 Å². The quantitative estimate of drug-likeness (QED) is 0.896.